The van der Waals surface area contributed by atoms with Crippen molar-refractivity contribution in [3.05, 3.63) is 46.8 Å². The molecule has 0 atom stereocenters. The van der Waals surface area contributed by atoms with E-state index in [0.29, 0.717) is 13.0 Å². The average Bonchev–Trinajstić information content (AvgIpc) is 2.71. The summed E-state index contributed by atoms with van der Waals surface area (Å²) in [7, 11) is 0. The summed E-state index contributed by atoms with van der Waals surface area (Å²) in [5.74, 6) is -0.812. The molecule has 0 saturated heterocycles. The van der Waals surface area contributed by atoms with Gasteiger partial charge in [0.05, 0.1) is 24.4 Å². The molecule has 0 spiro atoms. The van der Waals surface area contributed by atoms with E-state index in [2.05, 4.69) is 29.4 Å². The molecule has 2 rings (SSSR count). The van der Waals surface area contributed by atoms with Crippen LogP contribution in [-0.4, -0.2) is 26.1 Å². The number of carbonyl (C=O) groups is 1. The lowest BCUT2D eigenvalue weighted by atomic mass is 10.1. The fraction of sp³-hybridized carbons (Fsp3) is 0.357. The van der Waals surface area contributed by atoms with Crippen molar-refractivity contribution in [2.24, 2.45) is 0 Å². The Hall–Kier alpha value is -2.17. The number of hydrogen-bond acceptors (Lipinski definition) is 3. The van der Waals surface area contributed by atoms with Crippen LogP contribution in [0.25, 0.3) is 0 Å². The molecular weight excluding hydrogens is 242 g/mol. The molecule has 0 unspecified atom stereocenters. The maximum atomic E-state index is 10.6. The normalized spacial score (nSPS) is 10.6. The predicted molar refractivity (Wildman–Crippen MR) is 71.0 cm³/mol. The second-order valence-electron chi connectivity index (χ2n) is 4.60. The van der Waals surface area contributed by atoms with Gasteiger partial charge in [0.15, 0.2) is 0 Å². The number of rotatable bonds is 5. The highest BCUT2D eigenvalue weighted by Gasteiger charge is 2.10. The minimum Gasteiger partial charge on any atom is -0.481 e. The molecule has 1 aromatic carbocycles. The van der Waals surface area contributed by atoms with Gasteiger partial charge < -0.3 is 5.11 Å². The molecule has 0 bridgehead atoms. The van der Waals surface area contributed by atoms with Crippen LogP contribution >= 0.6 is 0 Å². The summed E-state index contributed by atoms with van der Waals surface area (Å²) in [4.78, 5) is 10.6. The maximum absolute atomic E-state index is 10.6. The Morgan fingerprint density at radius 1 is 1.32 bits per heavy atom. The first-order valence-corrected chi connectivity index (χ1v) is 6.23. The summed E-state index contributed by atoms with van der Waals surface area (Å²) in [5, 5.41) is 16.9. The van der Waals surface area contributed by atoms with E-state index in [1.807, 2.05) is 23.7 Å². The van der Waals surface area contributed by atoms with E-state index in [9.17, 15) is 4.79 Å². The average molecular weight is 259 g/mol. The third-order valence-electron chi connectivity index (χ3n) is 3.24. The Morgan fingerprint density at radius 3 is 2.74 bits per heavy atom. The van der Waals surface area contributed by atoms with Gasteiger partial charge in [-0.05, 0) is 25.0 Å². The molecule has 1 aromatic heterocycles. The van der Waals surface area contributed by atoms with E-state index in [0.717, 1.165) is 11.4 Å². The quantitative estimate of drug-likeness (QED) is 0.891. The molecule has 5 nitrogen and oxygen atoms in total. The molecule has 0 fully saturated rings. The number of nitrogens with zero attached hydrogens (tertiary/aromatic N) is 3. The molecule has 5 heteroatoms. The van der Waals surface area contributed by atoms with E-state index < -0.39 is 5.97 Å². The van der Waals surface area contributed by atoms with Gasteiger partial charge in [-0.1, -0.05) is 29.5 Å². The van der Waals surface area contributed by atoms with Crippen LogP contribution in [0.4, 0.5) is 0 Å². The summed E-state index contributed by atoms with van der Waals surface area (Å²) in [6.45, 7) is 4.65. The number of aryl methyl sites for hydroxylation is 2. The Labute approximate surface area is 111 Å². The summed E-state index contributed by atoms with van der Waals surface area (Å²) in [6, 6.07) is 8.13. The standard InChI is InChI=1S/C14H17N3O2/c1-10-5-3-4-6-12(10)9-17-11(2)13(15-16-17)7-8-14(18)19/h3-6H,7-9H2,1-2H3,(H,18,19). The first-order chi connectivity index (χ1) is 9.08. The Bertz CT molecular complexity index is 590. The fourth-order valence-electron chi connectivity index (χ4n) is 1.95. The third kappa shape index (κ3) is 3.19. The highest BCUT2D eigenvalue weighted by atomic mass is 16.4. The van der Waals surface area contributed by atoms with Crippen LogP contribution in [0.15, 0.2) is 24.3 Å². The van der Waals surface area contributed by atoms with Crippen LogP contribution < -0.4 is 0 Å². The van der Waals surface area contributed by atoms with Crippen molar-refractivity contribution in [3.63, 3.8) is 0 Å². The number of benzene rings is 1. The second-order valence-corrected chi connectivity index (χ2v) is 4.60. The van der Waals surface area contributed by atoms with E-state index in [1.54, 1.807) is 0 Å². The molecule has 0 aliphatic carbocycles. The topological polar surface area (TPSA) is 68.0 Å². The molecule has 19 heavy (non-hydrogen) atoms. The van der Waals surface area contributed by atoms with Crippen LogP contribution in [0.2, 0.25) is 0 Å². The van der Waals surface area contributed by atoms with Gasteiger partial charge in [0.25, 0.3) is 0 Å². The SMILES string of the molecule is Cc1ccccc1Cn1nnc(CCC(=O)O)c1C. The minimum atomic E-state index is -0.812. The van der Waals surface area contributed by atoms with Gasteiger partial charge in [-0.25, -0.2) is 4.68 Å². The van der Waals surface area contributed by atoms with Gasteiger partial charge in [-0.2, -0.15) is 0 Å². The number of aromatic nitrogens is 3. The summed E-state index contributed by atoms with van der Waals surface area (Å²) in [5.41, 5.74) is 4.10. The van der Waals surface area contributed by atoms with E-state index in [1.165, 1.54) is 11.1 Å². The lowest BCUT2D eigenvalue weighted by Crippen LogP contribution is -2.06. The van der Waals surface area contributed by atoms with Gasteiger partial charge in [0, 0.05) is 6.42 Å². The number of aliphatic carboxylic acids is 1. The Morgan fingerprint density at radius 2 is 2.05 bits per heavy atom. The van der Waals surface area contributed by atoms with Crippen LogP contribution in [0.1, 0.15) is 28.9 Å². The molecule has 1 N–H and O–H groups in total. The monoisotopic (exact) mass is 259 g/mol. The molecule has 100 valence electrons. The van der Waals surface area contributed by atoms with Crippen molar-refractivity contribution in [2.75, 3.05) is 0 Å². The fourth-order valence-corrected chi connectivity index (χ4v) is 1.95. The summed E-state index contributed by atoms with van der Waals surface area (Å²) in [6.07, 6.45) is 0.513. The molecule has 0 aliphatic heterocycles. The summed E-state index contributed by atoms with van der Waals surface area (Å²) < 4.78 is 1.82. The predicted octanol–water partition coefficient (Wildman–Crippen LogP) is 1.96. The van der Waals surface area contributed by atoms with Gasteiger partial charge >= 0.3 is 5.97 Å². The lowest BCUT2D eigenvalue weighted by Gasteiger charge is -2.06. The lowest BCUT2D eigenvalue weighted by molar-refractivity contribution is -0.136. The van der Waals surface area contributed by atoms with Crippen LogP contribution in [0.3, 0.4) is 0 Å². The number of carboxylic acid groups (broad SMARTS) is 1. The zero-order chi connectivity index (χ0) is 13.8. The minimum absolute atomic E-state index is 0.0872. The van der Waals surface area contributed by atoms with Crippen LogP contribution in [0.5, 0.6) is 0 Å². The number of hydrogen-bond donors (Lipinski definition) is 1. The van der Waals surface area contributed by atoms with E-state index in [4.69, 9.17) is 5.11 Å². The van der Waals surface area contributed by atoms with Gasteiger partial charge in [0.2, 0.25) is 0 Å². The first-order valence-electron chi connectivity index (χ1n) is 6.23. The van der Waals surface area contributed by atoms with Crippen molar-refractivity contribution >= 4 is 5.97 Å². The first kappa shape index (κ1) is 13.3. The second kappa shape index (κ2) is 5.65. The van der Waals surface area contributed by atoms with Crippen molar-refractivity contribution in [1.29, 1.82) is 0 Å². The van der Waals surface area contributed by atoms with Gasteiger partial charge in [-0.15, -0.1) is 5.10 Å². The highest BCUT2D eigenvalue weighted by Crippen LogP contribution is 2.12. The third-order valence-corrected chi connectivity index (χ3v) is 3.24. The van der Waals surface area contributed by atoms with Crippen molar-refractivity contribution in [3.8, 4) is 0 Å². The highest BCUT2D eigenvalue weighted by molar-refractivity contribution is 5.67. The van der Waals surface area contributed by atoms with Crippen LogP contribution in [0, 0.1) is 13.8 Å². The summed E-state index contributed by atoms with van der Waals surface area (Å²) >= 11 is 0. The van der Waals surface area contributed by atoms with E-state index in [-0.39, 0.29) is 6.42 Å². The van der Waals surface area contributed by atoms with E-state index >= 15 is 0 Å². The van der Waals surface area contributed by atoms with Gasteiger partial charge in [0.1, 0.15) is 0 Å². The molecule has 0 radical (unpaired) electrons. The van der Waals surface area contributed by atoms with Crippen molar-refractivity contribution in [1.82, 2.24) is 15.0 Å². The Balaban J connectivity index is 2.14. The molecule has 0 saturated carbocycles. The molecular formula is C14H17N3O2. The number of carboxylic acids is 1. The van der Waals surface area contributed by atoms with Crippen molar-refractivity contribution < 1.29 is 9.90 Å². The largest absolute Gasteiger partial charge is 0.481 e. The van der Waals surface area contributed by atoms with Gasteiger partial charge in [-0.3, -0.25) is 4.79 Å². The van der Waals surface area contributed by atoms with Crippen LogP contribution in [-0.2, 0) is 17.8 Å². The zero-order valence-electron chi connectivity index (χ0n) is 11.1. The Kier molecular flexibility index (Phi) is 3.94. The molecule has 2 aromatic rings. The molecule has 1 heterocycles. The molecule has 0 amide bonds. The smallest absolute Gasteiger partial charge is 0.303 e. The van der Waals surface area contributed by atoms with Crippen molar-refractivity contribution in [2.45, 2.75) is 33.2 Å². The molecule has 0 aliphatic rings. The zero-order valence-corrected chi connectivity index (χ0v) is 11.1. The maximum Gasteiger partial charge on any atom is 0.303 e.